The van der Waals surface area contributed by atoms with Crippen LogP contribution in [0, 0.1) is 17.8 Å². The number of hydrogen-bond donors (Lipinski definition) is 2. The van der Waals surface area contributed by atoms with E-state index >= 15 is 0 Å². The van der Waals surface area contributed by atoms with E-state index in [1.807, 2.05) is 4.90 Å². The van der Waals surface area contributed by atoms with Gasteiger partial charge in [-0.1, -0.05) is 11.8 Å². The van der Waals surface area contributed by atoms with Crippen LogP contribution in [0.25, 0.3) is 0 Å². The number of imide groups is 2. The van der Waals surface area contributed by atoms with E-state index in [0.717, 1.165) is 22.7 Å². The molecule has 6 rings (SSSR count). The summed E-state index contributed by atoms with van der Waals surface area (Å²) in [6, 6.07) is 8.09. The highest BCUT2D eigenvalue weighted by molar-refractivity contribution is 6.23. The predicted molar refractivity (Wildman–Crippen MR) is 157 cm³/mol. The van der Waals surface area contributed by atoms with Gasteiger partial charge < -0.3 is 10.2 Å². The first kappa shape index (κ1) is 30.6. The fourth-order valence-corrected chi connectivity index (χ4v) is 5.45. The number of piperidine rings is 1. The number of nitrogens with zero attached hydrogens (tertiary/aromatic N) is 4. The number of hydrogen-bond acceptors (Lipinski definition) is 7. The molecule has 0 bridgehead atoms. The van der Waals surface area contributed by atoms with Crippen molar-refractivity contribution in [1.82, 2.24) is 20.0 Å². The maximum absolute atomic E-state index is 13.1. The van der Waals surface area contributed by atoms with Crippen molar-refractivity contribution in [2.24, 2.45) is 5.92 Å². The lowest BCUT2D eigenvalue weighted by Crippen LogP contribution is -2.54. The largest absolute Gasteiger partial charge is 0.416 e. The van der Waals surface area contributed by atoms with Crippen molar-refractivity contribution in [2.45, 2.75) is 44.4 Å². The molecular weight excluding hydrogens is 605 g/mol. The van der Waals surface area contributed by atoms with Crippen LogP contribution in [0.15, 0.2) is 54.9 Å². The number of halogens is 3. The van der Waals surface area contributed by atoms with Crippen molar-refractivity contribution < 1.29 is 37.1 Å². The first-order valence-electron chi connectivity index (χ1n) is 14.4. The summed E-state index contributed by atoms with van der Waals surface area (Å²) in [5, 5.41) is 9.07. The van der Waals surface area contributed by atoms with Crippen molar-refractivity contribution in [3.05, 3.63) is 77.1 Å². The second-order valence-electron chi connectivity index (χ2n) is 11.8. The van der Waals surface area contributed by atoms with Gasteiger partial charge in [0.25, 0.3) is 17.7 Å². The van der Waals surface area contributed by atoms with E-state index in [9.17, 15) is 37.1 Å². The molecule has 2 fully saturated rings. The third kappa shape index (κ3) is 5.60. The molecule has 3 aliphatic heterocycles. The van der Waals surface area contributed by atoms with Gasteiger partial charge in [-0.3, -0.25) is 38.9 Å². The summed E-state index contributed by atoms with van der Waals surface area (Å²) in [6.07, 6.45) is -1.20. The maximum atomic E-state index is 13.1. The van der Waals surface area contributed by atoms with Crippen molar-refractivity contribution >= 4 is 40.9 Å². The number of fused-ring (bicyclic) bond motifs is 1. The van der Waals surface area contributed by atoms with Crippen LogP contribution in [0.3, 0.4) is 0 Å². The summed E-state index contributed by atoms with van der Waals surface area (Å²) in [5.41, 5.74) is -0.0374. The second-order valence-corrected chi connectivity index (χ2v) is 11.8. The van der Waals surface area contributed by atoms with Crippen LogP contribution >= 0.6 is 0 Å². The zero-order valence-corrected chi connectivity index (χ0v) is 24.6. The fraction of sp³-hybridized carbons (Fsp3) is 0.312. The van der Waals surface area contributed by atoms with E-state index in [0.29, 0.717) is 18.7 Å². The van der Waals surface area contributed by atoms with E-state index in [1.165, 1.54) is 23.0 Å². The van der Waals surface area contributed by atoms with Gasteiger partial charge in [0.05, 0.1) is 34.4 Å². The van der Waals surface area contributed by atoms with Gasteiger partial charge in [0.2, 0.25) is 11.8 Å². The Hall–Kier alpha value is -5.45. The highest BCUT2D eigenvalue weighted by atomic mass is 19.4. The van der Waals surface area contributed by atoms with Gasteiger partial charge in [0.15, 0.2) is 0 Å². The summed E-state index contributed by atoms with van der Waals surface area (Å²) in [4.78, 5) is 65.7. The summed E-state index contributed by atoms with van der Waals surface area (Å²) < 4.78 is 39.9. The van der Waals surface area contributed by atoms with Crippen molar-refractivity contribution in [3.63, 3.8) is 0 Å². The molecule has 0 aliphatic carbocycles. The number of amides is 5. The van der Waals surface area contributed by atoms with Gasteiger partial charge in [-0.2, -0.15) is 18.3 Å². The van der Waals surface area contributed by atoms with Crippen LogP contribution in [0.5, 0.6) is 0 Å². The zero-order chi connectivity index (χ0) is 33.0. The number of alkyl halides is 3. The van der Waals surface area contributed by atoms with Crippen LogP contribution in [0.4, 0.5) is 24.5 Å². The second kappa shape index (κ2) is 11.2. The molecule has 0 spiro atoms. The van der Waals surface area contributed by atoms with Gasteiger partial charge in [-0.15, -0.1) is 0 Å². The van der Waals surface area contributed by atoms with E-state index in [4.69, 9.17) is 0 Å². The number of benzene rings is 2. The van der Waals surface area contributed by atoms with E-state index in [-0.39, 0.29) is 35.6 Å². The molecule has 46 heavy (non-hydrogen) atoms. The SMILES string of the molecule is CC(C)(C(=O)Nc1ccc(C(F)(F)F)cc1)n1cc(C#CC2CN(c3ccc4c(c3)C(=O)N(C3CCC(=O)NC3=O)C4=O)C2)cn1. The third-order valence-electron chi connectivity index (χ3n) is 8.27. The molecule has 14 heteroatoms. The summed E-state index contributed by atoms with van der Waals surface area (Å²) >= 11 is 0. The molecule has 1 atom stereocenters. The molecule has 3 aromatic rings. The Balaban J connectivity index is 1.06. The molecule has 236 valence electrons. The number of carbonyl (C=O) groups excluding carboxylic acids is 5. The Morgan fingerprint density at radius 3 is 2.37 bits per heavy atom. The monoisotopic (exact) mass is 632 g/mol. The Morgan fingerprint density at radius 2 is 1.70 bits per heavy atom. The minimum absolute atomic E-state index is 0.00453. The minimum Gasteiger partial charge on any atom is -0.369 e. The number of nitrogens with one attached hydrogen (secondary N) is 2. The number of anilines is 2. The Kier molecular flexibility index (Phi) is 7.42. The summed E-state index contributed by atoms with van der Waals surface area (Å²) in [5.74, 6) is 3.54. The molecule has 2 N–H and O–H groups in total. The molecule has 1 unspecified atom stereocenters. The van der Waals surface area contributed by atoms with Crippen LogP contribution in [-0.2, 0) is 26.1 Å². The number of rotatable bonds is 5. The smallest absolute Gasteiger partial charge is 0.369 e. The molecule has 4 heterocycles. The first-order chi connectivity index (χ1) is 21.7. The molecule has 0 radical (unpaired) electrons. The molecule has 11 nitrogen and oxygen atoms in total. The van der Waals surface area contributed by atoms with Gasteiger partial charge in [-0.05, 0) is 62.7 Å². The van der Waals surface area contributed by atoms with E-state index in [2.05, 4.69) is 27.6 Å². The molecule has 2 aromatic carbocycles. The first-order valence-corrected chi connectivity index (χ1v) is 14.4. The van der Waals surface area contributed by atoms with Gasteiger partial charge in [-0.25, -0.2) is 0 Å². The molecule has 2 saturated heterocycles. The summed E-state index contributed by atoms with van der Waals surface area (Å²) in [6.45, 7) is 4.39. The highest BCUT2D eigenvalue weighted by Crippen LogP contribution is 2.33. The Labute approximate surface area is 260 Å². The lowest BCUT2D eigenvalue weighted by Gasteiger charge is -2.38. The van der Waals surface area contributed by atoms with E-state index in [1.54, 1.807) is 38.2 Å². The standard InChI is InChI=1S/C32H27F3N6O5/c1-31(2,30(46)37-21-7-5-20(6-8-21)32(33,34)35)40-17-18(14-36-40)3-4-19-15-39(16-19)22-9-10-23-24(13-22)29(45)41(28(23)44)25-11-12-26(42)38-27(25)43/h5-10,13-14,17,19,25H,11-12,15-16H2,1-2H3,(H,37,46)(H,38,42,43). The Bertz CT molecular complexity index is 1850. The maximum Gasteiger partial charge on any atom is 0.416 e. The third-order valence-corrected chi connectivity index (χ3v) is 8.27. The quantitative estimate of drug-likeness (QED) is 0.326. The lowest BCUT2D eigenvalue weighted by atomic mass is 9.98. The number of carbonyl (C=O) groups is 5. The van der Waals surface area contributed by atoms with Crippen molar-refractivity contribution in [2.75, 3.05) is 23.3 Å². The molecular formula is C32H27F3N6O5. The van der Waals surface area contributed by atoms with Crippen molar-refractivity contribution in [1.29, 1.82) is 0 Å². The normalized spacial score (nSPS) is 18.5. The topological polar surface area (TPSA) is 134 Å². The zero-order valence-electron chi connectivity index (χ0n) is 24.6. The molecule has 1 aromatic heterocycles. The van der Waals surface area contributed by atoms with Gasteiger partial charge in [0.1, 0.15) is 11.6 Å². The van der Waals surface area contributed by atoms with Gasteiger partial charge in [0, 0.05) is 37.1 Å². The van der Waals surface area contributed by atoms with Crippen LogP contribution < -0.4 is 15.5 Å². The van der Waals surface area contributed by atoms with Crippen molar-refractivity contribution in [3.8, 4) is 11.8 Å². The molecule has 3 aliphatic rings. The molecule has 0 saturated carbocycles. The average Bonchev–Trinajstić information content (AvgIpc) is 3.55. The van der Waals surface area contributed by atoms with Crippen LogP contribution in [0.2, 0.25) is 0 Å². The molecule has 5 amide bonds. The lowest BCUT2D eigenvalue weighted by molar-refractivity contribution is -0.138. The Morgan fingerprint density at radius 1 is 1.00 bits per heavy atom. The van der Waals surface area contributed by atoms with Gasteiger partial charge >= 0.3 is 6.18 Å². The van der Waals surface area contributed by atoms with Crippen LogP contribution in [-0.4, -0.2) is 63.3 Å². The average molecular weight is 633 g/mol. The minimum atomic E-state index is -4.47. The van der Waals surface area contributed by atoms with Crippen LogP contribution in [0.1, 0.15) is 58.5 Å². The number of aromatic nitrogens is 2. The summed E-state index contributed by atoms with van der Waals surface area (Å²) in [7, 11) is 0. The fourth-order valence-electron chi connectivity index (χ4n) is 5.45. The predicted octanol–water partition coefficient (Wildman–Crippen LogP) is 3.16. The highest BCUT2D eigenvalue weighted by Gasteiger charge is 2.45. The van der Waals surface area contributed by atoms with E-state index < -0.39 is 52.9 Å².